The molecule has 1 fully saturated rings. The van der Waals surface area contributed by atoms with E-state index in [2.05, 4.69) is 10.4 Å². The van der Waals surface area contributed by atoms with E-state index in [4.69, 9.17) is 0 Å². The summed E-state index contributed by atoms with van der Waals surface area (Å²) >= 11 is 0. The number of hydrogen-bond donors (Lipinski definition) is 1. The van der Waals surface area contributed by atoms with Gasteiger partial charge in [0.15, 0.2) is 0 Å². The van der Waals surface area contributed by atoms with Gasteiger partial charge in [-0.2, -0.15) is 5.10 Å². The SMILES string of the molecule is Cc1nn(C)c2c(=O)n(C(C)C(=O)NC3CC3)ccc12. The van der Waals surface area contributed by atoms with Crippen LogP contribution in [0.25, 0.3) is 10.9 Å². The lowest BCUT2D eigenvalue weighted by molar-refractivity contribution is -0.124. The Hall–Kier alpha value is -2.11. The lowest BCUT2D eigenvalue weighted by Gasteiger charge is -2.15. The van der Waals surface area contributed by atoms with Gasteiger partial charge in [0.05, 0.1) is 5.69 Å². The van der Waals surface area contributed by atoms with Crippen LogP contribution in [-0.4, -0.2) is 26.3 Å². The number of pyridine rings is 1. The fraction of sp³-hybridized carbons (Fsp3) is 0.500. The van der Waals surface area contributed by atoms with Crippen LogP contribution in [0.5, 0.6) is 0 Å². The number of nitrogens with zero attached hydrogens (tertiary/aromatic N) is 3. The average Bonchev–Trinajstić information content (AvgIpc) is 3.15. The van der Waals surface area contributed by atoms with E-state index in [0.29, 0.717) is 11.6 Å². The Balaban J connectivity index is 2.03. The zero-order valence-corrected chi connectivity index (χ0v) is 11.9. The van der Waals surface area contributed by atoms with Crippen molar-refractivity contribution in [1.82, 2.24) is 19.7 Å². The minimum Gasteiger partial charge on any atom is -0.352 e. The molecule has 6 nitrogen and oxygen atoms in total. The summed E-state index contributed by atoms with van der Waals surface area (Å²) in [6.45, 7) is 3.61. The third-order valence-corrected chi connectivity index (χ3v) is 3.83. The van der Waals surface area contributed by atoms with Crippen LogP contribution in [0.3, 0.4) is 0 Å². The Morgan fingerprint density at radius 1 is 1.50 bits per heavy atom. The zero-order chi connectivity index (χ0) is 14.4. The standard InChI is InChI=1S/C14H18N4O2/c1-8-11-6-7-18(14(20)12(11)17(3)16-8)9(2)13(19)15-10-4-5-10/h6-7,9-10H,4-5H2,1-3H3,(H,15,19). The maximum absolute atomic E-state index is 12.5. The van der Waals surface area contributed by atoms with Gasteiger partial charge in [-0.1, -0.05) is 0 Å². The molecule has 0 saturated heterocycles. The van der Waals surface area contributed by atoms with Gasteiger partial charge in [-0.05, 0) is 32.8 Å². The summed E-state index contributed by atoms with van der Waals surface area (Å²) in [6, 6.07) is 1.63. The van der Waals surface area contributed by atoms with Gasteiger partial charge in [0.25, 0.3) is 5.56 Å². The number of nitrogens with one attached hydrogen (secondary N) is 1. The maximum atomic E-state index is 12.5. The van der Waals surface area contributed by atoms with E-state index in [9.17, 15) is 9.59 Å². The molecule has 1 saturated carbocycles. The Bertz CT molecular complexity index is 739. The predicted octanol–water partition coefficient (Wildman–Crippen LogP) is 0.883. The quantitative estimate of drug-likeness (QED) is 0.903. The summed E-state index contributed by atoms with van der Waals surface area (Å²) in [6.07, 6.45) is 3.75. The van der Waals surface area contributed by atoms with Crippen molar-refractivity contribution < 1.29 is 4.79 Å². The minimum absolute atomic E-state index is 0.104. The van der Waals surface area contributed by atoms with Crippen molar-refractivity contribution in [2.24, 2.45) is 7.05 Å². The van der Waals surface area contributed by atoms with Gasteiger partial charge in [-0.3, -0.25) is 14.3 Å². The smallest absolute Gasteiger partial charge is 0.277 e. The Labute approximate surface area is 116 Å². The second kappa shape index (κ2) is 4.47. The number of fused-ring (bicyclic) bond motifs is 1. The molecule has 1 aliphatic rings. The fourth-order valence-corrected chi connectivity index (χ4v) is 2.45. The molecule has 1 amide bonds. The normalized spacial score (nSPS) is 16.4. The minimum atomic E-state index is -0.511. The number of amides is 1. The topological polar surface area (TPSA) is 68.9 Å². The molecular formula is C14H18N4O2. The van der Waals surface area contributed by atoms with Crippen molar-refractivity contribution in [3.05, 3.63) is 28.3 Å². The lowest BCUT2D eigenvalue weighted by atomic mass is 10.2. The van der Waals surface area contributed by atoms with E-state index < -0.39 is 6.04 Å². The third kappa shape index (κ3) is 2.01. The van der Waals surface area contributed by atoms with E-state index in [-0.39, 0.29) is 11.5 Å². The van der Waals surface area contributed by atoms with Gasteiger partial charge >= 0.3 is 0 Å². The molecule has 0 aromatic carbocycles. The molecule has 1 aliphatic carbocycles. The van der Waals surface area contributed by atoms with E-state index in [1.807, 2.05) is 13.0 Å². The first-order valence-electron chi connectivity index (χ1n) is 6.84. The number of rotatable bonds is 3. The highest BCUT2D eigenvalue weighted by Crippen LogP contribution is 2.20. The highest BCUT2D eigenvalue weighted by molar-refractivity contribution is 5.83. The monoisotopic (exact) mass is 274 g/mol. The first-order valence-corrected chi connectivity index (χ1v) is 6.84. The summed E-state index contributed by atoms with van der Waals surface area (Å²) in [5.74, 6) is -0.104. The van der Waals surface area contributed by atoms with Crippen LogP contribution >= 0.6 is 0 Å². The lowest BCUT2D eigenvalue weighted by Crippen LogP contribution is -2.36. The second-order valence-corrected chi connectivity index (χ2v) is 5.46. The number of aryl methyl sites for hydroxylation is 2. The largest absolute Gasteiger partial charge is 0.352 e. The maximum Gasteiger partial charge on any atom is 0.277 e. The summed E-state index contributed by atoms with van der Waals surface area (Å²) < 4.78 is 3.05. The van der Waals surface area contributed by atoms with Crippen LogP contribution in [0.1, 0.15) is 31.5 Å². The molecule has 0 spiro atoms. The molecule has 1 atom stereocenters. The van der Waals surface area contributed by atoms with Crippen LogP contribution in [0.2, 0.25) is 0 Å². The van der Waals surface area contributed by atoms with Crippen molar-refractivity contribution in [2.45, 2.75) is 38.8 Å². The molecular weight excluding hydrogens is 256 g/mol. The average molecular weight is 274 g/mol. The van der Waals surface area contributed by atoms with E-state index in [0.717, 1.165) is 23.9 Å². The van der Waals surface area contributed by atoms with Crippen molar-refractivity contribution in [3.8, 4) is 0 Å². The molecule has 0 radical (unpaired) electrons. The van der Waals surface area contributed by atoms with Crippen molar-refractivity contribution in [1.29, 1.82) is 0 Å². The van der Waals surface area contributed by atoms with Gasteiger partial charge in [-0.15, -0.1) is 0 Å². The number of carbonyl (C=O) groups is 1. The molecule has 1 unspecified atom stereocenters. The van der Waals surface area contributed by atoms with Crippen LogP contribution in [0, 0.1) is 6.92 Å². The van der Waals surface area contributed by atoms with Gasteiger partial charge in [0.2, 0.25) is 5.91 Å². The molecule has 3 rings (SSSR count). The molecule has 20 heavy (non-hydrogen) atoms. The predicted molar refractivity (Wildman–Crippen MR) is 75.6 cm³/mol. The molecule has 0 aliphatic heterocycles. The van der Waals surface area contributed by atoms with Crippen LogP contribution < -0.4 is 10.9 Å². The molecule has 2 aromatic rings. The van der Waals surface area contributed by atoms with Crippen LogP contribution in [-0.2, 0) is 11.8 Å². The van der Waals surface area contributed by atoms with E-state index in [1.54, 1.807) is 24.9 Å². The summed E-state index contributed by atoms with van der Waals surface area (Å²) in [5, 5.41) is 8.02. The second-order valence-electron chi connectivity index (χ2n) is 5.46. The number of hydrogen-bond acceptors (Lipinski definition) is 3. The Morgan fingerprint density at radius 2 is 2.20 bits per heavy atom. The molecule has 106 valence electrons. The summed E-state index contributed by atoms with van der Waals surface area (Å²) in [7, 11) is 1.75. The van der Waals surface area contributed by atoms with Gasteiger partial charge < -0.3 is 9.88 Å². The number of carbonyl (C=O) groups excluding carboxylic acids is 1. The summed E-state index contributed by atoms with van der Waals surface area (Å²) in [4.78, 5) is 24.6. The van der Waals surface area contributed by atoms with E-state index >= 15 is 0 Å². The number of aromatic nitrogens is 3. The van der Waals surface area contributed by atoms with Gasteiger partial charge in [0.1, 0.15) is 11.6 Å². The zero-order valence-electron chi connectivity index (χ0n) is 11.9. The molecule has 6 heteroatoms. The van der Waals surface area contributed by atoms with Crippen LogP contribution in [0.15, 0.2) is 17.1 Å². The van der Waals surface area contributed by atoms with Crippen LogP contribution in [0.4, 0.5) is 0 Å². The highest BCUT2D eigenvalue weighted by Gasteiger charge is 2.27. The first kappa shape index (κ1) is 12.9. The highest BCUT2D eigenvalue weighted by atomic mass is 16.2. The molecule has 2 aromatic heterocycles. The van der Waals surface area contributed by atoms with Gasteiger partial charge in [0, 0.05) is 24.7 Å². The Morgan fingerprint density at radius 3 is 2.85 bits per heavy atom. The third-order valence-electron chi connectivity index (χ3n) is 3.83. The Kier molecular flexibility index (Phi) is 2.88. The van der Waals surface area contributed by atoms with Crippen molar-refractivity contribution in [3.63, 3.8) is 0 Å². The summed E-state index contributed by atoms with van der Waals surface area (Å²) in [5.41, 5.74) is 1.18. The molecule has 1 N–H and O–H groups in total. The molecule has 2 heterocycles. The molecule has 0 bridgehead atoms. The van der Waals surface area contributed by atoms with Gasteiger partial charge in [-0.25, -0.2) is 0 Å². The van der Waals surface area contributed by atoms with Crippen molar-refractivity contribution >= 4 is 16.8 Å². The van der Waals surface area contributed by atoms with E-state index in [1.165, 1.54) is 4.57 Å². The first-order chi connectivity index (χ1) is 9.49. The van der Waals surface area contributed by atoms with Crippen molar-refractivity contribution in [2.75, 3.05) is 0 Å². The fourth-order valence-electron chi connectivity index (χ4n) is 2.45.